The van der Waals surface area contributed by atoms with E-state index >= 15 is 0 Å². The van der Waals surface area contributed by atoms with Gasteiger partial charge in [-0.1, -0.05) is 44.2 Å². The fraction of sp³-hybridized carbons (Fsp3) is 0.500. The monoisotopic (exact) mass is 253 g/mol. The Kier molecular flexibility index (Phi) is 9.87. The molecule has 0 fully saturated rings. The van der Waals surface area contributed by atoms with Gasteiger partial charge in [-0.3, -0.25) is 4.79 Å². The summed E-state index contributed by atoms with van der Waals surface area (Å²) in [5, 5.41) is 3.02. The van der Waals surface area contributed by atoms with Crippen LogP contribution in [0.4, 0.5) is 0 Å². The summed E-state index contributed by atoms with van der Waals surface area (Å²) >= 11 is 1.78. The van der Waals surface area contributed by atoms with E-state index in [1.165, 1.54) is 5.56 Å². The van der Waals surface area contributed by atoms with Crippen LogP contribution in [-0.4, -0.2) is 24.6 Å². The zero-order valence-electron chi connectivity index (χ0n) is 11.2. The molecule has 0 aliphatic heterocycles. The third-order valence-corrected chi connectivity index (χ3v) is 3.34. The first-order chi connectivity index (χ1) is 8.24. The number of thioether (sulfide) groups is 1. The Hall–Kier alpha value is -0.800. The van der Waals surface area contributed by atoms with Gasteiger partial charge in [-0.25, -0.2) is 0 Å². The third kappa shape index (κ3) is 7.18. The minimum absolute atomic E-state index is 0.0151. The van der Waals surface area contributed by atoms with Gasteiger partial charge < -0.3 is 5.32 Å². The SMILES string of the molecule is CC.CNC(CSCc1ccccc1)C(C)=O. The molecule has 0 saturated carbocycles. The summed E-state index contributed by atoms with van der Waals surface area (Å²) in [6.45, 7) is 5.63. The van der Waals surface area contributed by atoms with Crippen molar-refractivity contribution in [2.75, 3.05) is 12.8 Å². The molecule has 0 amide bonds. The van der Waals surface area contributed by atoms with E-state index in [0.717, 1.165) is 11.5 Å². The summed E-state index contributed by atoms with van der Waals surface area (Å²) in [7, 11) is 1.83. The van der Waals surface area contributed by atoms with Crippen molar-refractivity contribution in [2.24, 2.45) is 0 Å². The molecular weight excluding hydrogens is 230 g/mol. The van der Waals surface area contributed by atoms with E-state index in [2.05, 4.69) is 17.4 Å². The number of rotatable bonds is 6. The Morgan fingerprint density at radius 1 is 1.29 bits per heavy atom. The van der Waals surface area contributed by atoms with Crippen molar-refractivity contribution in [3.8, 4) is 0 Å². The van der Waals surface area contributed by atoms with Gasteiger partial charge in [-0.15, -0.1) is 0 Å². The van der Waals surface area contributed by atoms with E-state index in [1.54, 1.807) is 18.7 Å². The lowest BCUT2D eigenvalue weighted by atomic mass is 10.2. The van der Waals surface area contributed by atoms with E-state index in [1.807, 2.05) is 39.1 Å². The molecule has 0 aromatic heterocycles. The Labute approximate surface area is 109 Å². The second kappa shape index (κ2) is 10.4. The molecule has 0 aliphatic rings. The van der Waals surface area contributed by atoms with Gasteiger partial charge in [-0.05, 0) is 19.5 Å². The number of Topliss-reactive ketones (excluding diaryl/α,β-unsaturated/α-hetero) is 1. The molecule has 1 N–H and O–H groups in total. The predicted molar refractivity (Wildman–Crippen MR) is 77.5 cm³/mol. The molecule has 0 spiro atoms. The number of carbonyl (C=O) groups is 1. The molecule has 1 rings (SSSR count). The van der Waals surface area contributed by atoms with Crippen LogP contribution in [0.3, 0.4) is 0 Å². The standard InChI is InChI=1S/C12H17NOS.C2H6/c1-10(14)12(13-2)9-15-8-11-6-4-3-5-7-11;1-2/h3-7,12-13H,8-9H2,1-2H3;1-2H3. The average Bonchev–Trinajstić information content (AvgIpc) is 2.38. The summed E-state index contributed by atoms with van der Waals surface area (Å²) in [5.74, 6) is 2.01. The second-order valence-electron chi connectivity index (χ2n) is 3.45. The number of nitrogens with one attached hydrogen (secondary N) is 1. The van der Waals surface area contributed by atoms with Crippen molar-refractivity contribution in [2.45, 2.75) is 32.6 Å². The van der Waals surface area contributed by atoms with Crippen LogP contribution in [0.2, 0.25) is 0 Å². The van der Waals surface area contributed by atoms with E-state index in [-0.39, 0.29) is 11.8 Å². The number of carbonyl (C=O) groups excluding carboxylic acids is 1. The van der Waals surface area contributed by atoms with Gasteiger partial charge in [0.1, 0.15) is 5.78 Å². The normalized spacial score (nSPS) is 11.3. The zero-order chi connectivity index (χ0) is 13.1. The van der Waals surface area contributed by atoms with Crippen molar-refractivity contribution in [1.29, 1.82) is 0 Å². The van der Waals surface area contributed by atoms with Crippen LogP contribution in [0.25, 0.3) is 0 Å². The van der Waals surface area contributed by atoms with Gasteiger partial charge >= 0.3 is 0 Å². The first-order valence-corrected chi connectivity index (χ1v) is 7.19. The fourth-order valence-corrected chi connectivity index (χ4v) is 2.46. The molecule has 0 bridgehead atoms. The largest absolute Gasteiger partial charge is 0.310 e. The maximum atomic E-state index is 11.1. The predicted octanol–water partition coefficient (Wildman–Crippen LogP) is 3.12. The van der Waals surface area contributed by atoms with Crippen LogP contribution < -0.4 is 5.32 Å². The molecule has 96 valence electrons. The van der Waals surface area contributed by atoms with Crippen molar-refractivity contribution in [1.82, 2.24) is 5.32 Å². The third-order valence-electron chi connectivity index (χ3n) is 2.24. The zero-order valence-corrected chi connectivity index (χ0v) is 12.0. The van der Waals surface area contributed by atoms with Crippen LogP contribution in [-0.2, 0) is 10.5 Å². The van der Waals surface area contributed by atoms with Gasteiger partial charge in [0.2, 0.25) is 0 Å². The molecule has 0 aliphatic carbocycles. The molecule has 3 heteroatoms. The van der Waals surface area contributed by atoms with Crippen LogP contribution >= 0.6 is 11.8 Å². The molecule has 1 aromatic rings. The molecule has 0 saturated heterocycles. The van der Waals surface area contributed by atoms with E-state index in [9.17, 15) is 4.79 Å². The molecule has 0 radical (unpaired) electrons. The summed E-state index contributed by atoms with van der Waals surface area (Å²) in [6, 6.07) is 10.3. The lowest BCUT2D eigenvalue weighted by Gasteiger charge is -2.11. The molecule has 1 atom stereocenters. The van der Waals surface area contributed by atoms with Crippen LogP contribution in [0.15, 0.2) is 30.3 Å². The molecule has 1 unspecified atom stereocenters. The Morgan fingerprint density at radius 2 is 1.88 bits per heavy atom. The highest BCUT2D eigenvalue weighted by atomic mass is 32.2. The van der Waals surface area contributed by atoms with Gasteiger partial charge in [0.15, 0.2) is 0 Å². The fourth-order valence-electron chi connectivity index (χ4n) is 1.27. The average molecular weight is 253 g/mol. The number of likely N-dealkylation sites (N-methyl/N-ethyl adjacent to an activating group) is 1. The van der Waals surface area contributed by atoms with Crippen molar-refractivity contribution >= 4 is 17.5 Å². The van der Waals surface area contributed by atoms with Gasteiger partial charge in [0, 0.05) is 11.5 Å². The number of hydrogen-bond acceptors (Lipinski definition) is 3. The summed E-state index contributed by atoms with van der Waals surface area (Å²) in [6.07, 6.45) is 0. The van der Waals surface area contributed by atoms with Gasteiger partial charge in [0.05, 0.1) is 6.04 Å². The highest BCUT2D eigenvalue weighted by Crippen LogP contribution is 2.12. The first kappa shape index (κ1) is 16.2. The lowest BCUT2D eigenvalue weighted by molar-refractivity contribution is -0.118. The van der Waals surface area contributed by atoms with Crippen LogP contribution in [0.1, 0.15) is 26.3 Å². The lowest BCUT2D eigenvalue weighted by Crippen LogP contribution is -2.34. The molecular formula is C14H23NOS. The summed E-state index contributed by atoms with van der Waals surface area (Å²) in [5.41, 5.74) is 1.31. The van der Waals surface area contributed by atoms with Gasteiger partial charge in [-0.2, -0.15) is 11.8 Å². The Bertz CT molecular complexity index is 300. The second-order valence-corrected chi connectivity index (χ2v) is 4.48. The Morgan fingerprint density at radius 3 is 2.35 bits per heavy atom. The maximum Gasteiger partial charge on any atom is 0.147 e. The Balaban J connectivity index is 0.00000121. The van der Waals surface area contributed by atoms with Crippen molar-refractivity contribution < 1.29 is 4.79 Å². The number of hydrogen-bond donors (Lipinski definition) is 1. The molecule has 2 nitrogen and oxygen atoms in total. The highest BCUT2D eigenvalue weighted by Gasteiger charge is 2.10. The smallest absolute Gasteiger partial charge is 0.147 e. The summed E-state index contributed by atoms with van der Waals surface area (Å²) < 4.78 is 0. The molecule has 17 heavy (non-hydrogen) atoms. The van der Waals surface area contributed by atoms with Crippen molar-refractivity contribution in [3.05, 3.63) is 35.9 Å². The van der Waals surface area contributed by atoms with Crippen LogP contribution in [0, 0.1) is 0 Å². The van der Waals surface area contributed by atoms with Crippen molar-refractivity contribution in [3.63, 3.8) is 0 Å². The first-order valence-electron chi connectivity index (χ1n) is 6.03. The molecule has 1 aromatic carbocycles. The van der Waals surface area contributed by atoms with E-state index in [0.29, 0.717) is 0 Å². The van der Waals surface area contributed by atoms with Crippen LogP contribution in [0.5, 0.6) is 0 Å². The topological polar surface area (TPSA) is 29.1 Å². The van der Waals surface area contributed by atoms with E-state index in [4.69, 9.17) is 0 Å². The van der Waals surface area contributed by atoms with E-state index < -0.39 is 0 Å². The number of ketones is 1. The highest BCUT2D eigenvalue weighted by molar-refractivity contribution is 7.98. The minimum atomic E-state index is -0.0151. The minimum Gasteiger partial charge on any atom is -0.310 e. The quantitative estimate of drug-likeness (QED) is 0.844. The number of benzene rings is 1. The molecule has 0 heterocycles. The van der Waals surface area contributed by atoms with Gasteiger partial charge in [0.25, 0.3) is 0 Å². The summed E-state index contributed by atoms with van der Waals surface area (Å²) in [4.78, 5) is 11.1. The maximum absolute atomic E-state index is 11.1.